The van der Waals surface area contributed by atoms with E-state index in [1.54, 1.807) is 6.92 Å². The van der Waals surface area contributed by atoms with Gasteiger partial charge >= 0.3 is 0 Å². The Labute approximate surface area is 128 Å². The maximum atomic E-state index is 11.9. The molecule has 118 valence electrons. The van der Waals surface area contributed by atoms with Crippen molar-refractivity contribution in [3.05, 3.63) is 29.8 Å². The first-order valence-electron chi connectivity index (χ1n) is 7.77. The Morgan fingerprint density at radius 2 is 1.95 bits per heavy atom. The van der Waals surface area contributed by atoms with Gasteiger partial charge in [-0.1, -0.05) is 39.0 Å². The van der Waals surface area contributed by atoms with E-state index in [0.717, 1.165) is 30.8 Å². The van der Waals surface area contributed by atoms with Crippen LogP contribution in [0.4, 0.5) is 0 Å². The van der Waals surface area contributed by atoms with Crippen LogP contribution in [0.1, 0.15) is 39.7 Å². The molecule has 0 spiro atoms. The molecule has 1 rings (SSSR count). The molecule has 21 heavy (non-hydrogen) atoms. The third-order valence-electron chi connectivity index (χ3n) is 3.06. The van der Waals surface area contributed by atoms with E-state index in [1.807, 2.05) is 31.2 Å². The molecule has 4 heteroatoms. The molecule has 4 nitrogen and oxygen atoms in total. The summed E-state index contributed by atoms with van der Waals surface area (Å²) < 4.78 is 5.81. The van der Waals surface area contributed by atoms with Crippen molar-refractivity contribution in [2.45, 2.75) is 46.8 Å². The average Bonchev–Trinajstić information content (AvgIpc) is 2.46. The van der Waals surface area contributed by atoms with E-state index in [4.69, 9.17) is 4.74 Å². The molecule has 0 fully saturated rings. The highest BCUT2D eigenvalue weighted by molar-refractivity contribution is 5.80. The van der Waals surface area contributed by atoms with Crippen molar-refractivity contribution in [2.24, 2.45) is 5.92 Å². The van der Waals surface area contributed by atoms with Crippen LogP contribution in [-0.4, -0.2) is 25.1 Å². The van der Waals surface area contributed by atoms with E-state index < -0.39 is 6.10 Å². The lowest BCUT2D eigenvalue weighted by Gasteiger charge is -2.17. The molecule has 1 aromatic carbocycles. The lowest BCUT2D eigenvalue weighted by molar-refractivity contribution is -0.127. The van der Waals surface area contributed by atoms with Crippen molar-refractivity contribution in [2.75, 3.05) is 13.1 Å². The van der Waals surface area contributed by atoms with Crippen molar-refractivity contribution >= 4 is 5.91 Å². The molecule has 2 N–H and O–H groups in total. The Kier molecular flexibility index (Phi) is 7.83. The molecule has 0 aromatic heterocycles. The number of benzene rings is 1. The number of carbonyl (C=O) groups is 1. The number of rotatable bonds is 9. The van der Waals surface area contributed by atoms with Gasteiger partial charge in [0.1, 0.15) is 5.75 Å². The Morgan fingerprint density at radius 1 is 1.24 bits per heavy atom. The summed E-state index contributed by atoms with van der Waals surface area (Å²) in [5.74, 6) is 1.31. The summed E-state index contributed by atoms with van der Waals surface area (Å²) in [5.41, 5.74) is 1.08. The molecule has 0 aliphatic rings. The first kappa shape index (κ1) is 17.5. The van der Waals surface area contributed by atoms with Crippen LogP contribution in [0.3, 0.4) is 0 Å². The molecule has 0 bridgehead atoms. The zero-order valence-corrected chi connectivity index (χ0v) is 13.6. The number of carbonyl (C=O) groups excluding carboxylic acids is 1. The van der Waals surface area contributed by atoms with E-state index in [-0.39, 0.29) is 5.91 Å². The van der Waals surface area contributed by atoms with Gasteiger partial charge in [0.05, 0.1) is 0 Å². The van der Waals surface area contributed by atoms with Crippen LogP contribution in [0.15, 0.2) is 24.3 Å². The summed E-state index contributed by atoms with van der Waals surface area (Å²) in [6, 6.07) is 7.86. The second kappa shape index (κ2) is 9.40. The van der Waals surface area contributed by atoms with Crippen LogP contribution in [0.25, 0.3) is 0 Å². The van der Waals surface area contributed by atoms with Gasteiger partial charge in [0.25, 0.3) is 5.91 Å². The number of amides is 1. The number of ether oxygens (including phenoxy) is 1. The molecule has 1 aromatic rings. The smallest absolute Gasteiger partial charge is 0.260 e. The fourth-order valence-corrected chi connectivity index (χ4v) is 1.90. The third-order valence-corrected chi connectivity index (χ3v) is 3.06. The van der Waals surface area contributed by atoms with Gasteiger partial charge in [0, 0.05) is 18.7 Å². The van der Waals surface area contributed by atoms with Crippen LogP contribution in [0.5, 0.6) is 5.75 Å². The molecule has 1 amide bonds. The van der Waals surface area contributed by atoms with E-state index in [2.05, 4.69) is 24.5 Å². The highest BCUT2D eigenvalue weighted by atomic mass is 16.5. The maximum Gasteiger partial charge on any atom is 0.260 e. The summed E-state index contributed by atoms with van der Waals surface area (Å²) >= 11 is 0. The minimum atomic E-state index is -0.484. The van der Waals surface area contributed by atoms with Crippen LogP contribution in [-0.2, 0) is 11.3 Å². The predicted molar refractivity (Wildman–Crippen MR) is 86.4 cm³/mol. The predicted octanol–water partition coefficient (Wildman–Crippen LogP) is 2.73. The van der Waals surface area contributed by atoms with Gasteiger partial charge in [-0.2, -0.15) is 0 Å². The van der Waals surface area contributed by atoms with Crippen molar-refractivity contribution in [3.63, 3.8) is 0 Å². The Balaban J connectivity index is 2.59. The first-order chi connectivity index (χ1) is 10.0. The number of hydrogen-bond donors (Lipinski definition) is 2. The van der Waals surface area contributed by atoms with E-state index >= 15 is 0 Å². The van der Waals surface area contributed by atoms with Crippen LogP contribution in [0, 0.1) is 5.92 Å². The topological polar surface area (TPSA) is 50.4 Å². The molecule has 0 aliphatic carbocycles. The van der Waals surface area contributed by atoms with Crippen molar-refractivity contribution in [3.8, 4) is 5.75 Å². The van der Waals surface area contributed by atoms with Gasteiger partial charge in [0.2, 0.25) is 0 Å². The van der Waals surface area contributed by atoms with Gasteiger partial charge in [-0.25, -0.2) is 0 Å². The lowest BCUT2D eigenvalue weighted by atomic mass is 10.1. The molecule has 0 heterocycles. The van der Waals surface area contributed by atoms with E-state index in [9.17, 15) is 4.79 Å². The van der Waals surface area contributed by atoms with Gasteiger partial charge in [0.15, 0.2) is 6.10 Å². The minimum Gasteiger partial charge on any atom is -0.481 e. The van der Waals surface area contributed by atoms with Crippen LogP contribution >= 0.6 is 0 Å². The van der Waals surface area contributed by atoms with Crippen molar-refractivity contribution in [1.29, 1.82) is 0 Å². The van der Waals surface area contributed by atoms with Gasteiger partial charge in [-0.05, 0) is 31.9 Å². The summed E-state index contributed by atoms with van der Waals surface area (Å²) in [4.78, 5) is 11.9. The highest BCUT2D eigenvalue weighted by Crippen LogP contribution is 2.19. The molecule has 0 aliphatic heterocycles. The normalized spacial score (nSPS) is 12.2. The van der Waals surface area contributed by atoms with E-state index in [1.165, 1.54) is 0 Å². The average molecular weight is 292 g/mol. The van der Waals surface area contributed by atoms with Crippen LogP contribution in [0.2, 0.25) is 0 Å². The SMILES string of the molecule is CCCNC(=O)C(C)Oc1ccccc1CNCC(C)C. The second-order valence-corrected chi connectivity index (χ2v) is 5.68. The largest absolute Gasteiger partial charge is 0.481 e. The molecule has 0 saturated carbocycles. The quantitative estimate of drug-likeness (QED) is 0.736. The van der Waals surface area contributed by atoms with E-state index in [0.29, 0.717) is 12.5 Å². The Hall–Kier alpha value is -1.55. The van der Waals surface area contributed by atoms with Crippen LogP contribution < -0.4 is 15.4 Å². The third kappa shape index (κ3) is 6.63. The zero-order chi connectivity index (χ0) is 15.7. The fraction of sp³-hybridized carbons (Fsp3) is 0.588. The first-order valence-corrected chi connectivity index (χ1v) is 7.77. The zero-order valence-electron chi connectivity index (χ0n) is 13.6. The molecule has 0 radical (unpaired) electrons. The summed E-state index contributed by atoms with van der Waals surface area (Å²) in [6.07, 6.45) is 0.441. The molecular weight excluding hydrogens is 264 g/mol. The number of para-hydroxylation sites is 1. The molecule has 0 saturated heterocycles. The van der Waals surface area contributed by atoms with Crippen molar-refractivity contribution < 1.29 is 9.53 Å². The standard InChI is InChI=1S/C17H28N2O2/c1-5-10-19-17(20)14(4)21-16-9-7-6-8-15(16)12-18-11-13(2)3/h6-9,13-14,18H,5,10-12H2,1-4H3,(H,19,20). The maximum absolute atomic E-state index is 11.9. The molecular formula is C17H28N2O2. The minimum absolute atomic E-state index is 0.0678. The van der Waals surface area contributed by atoms with Crippen molar-refractivity contribution in [1.82, 2.24) is 10.6 Å². The van der Waals surface area contributed by atoms with Gasteiger partial charge < -0.3 is 15.4 Å². The highest BCUT2D eigenvalue weighted by Gasteiger charge is 2.15. The number of hydrogen-bond acceptors (Lipinski definition) is 3. The molecule has 1 unspecified atom stereocenters. The lowest BCUT2D eigenvalue weighted by Crippen LogP contribution is -2.36. The second-order valence-electron chi connectivity index (χ2n) is 5.68. The van der Waals surface area contributed by atoms with Gasteiger partial charge in [-0.3, -0.25) is 4.79 Å². The Bertz CT molecular complexity index is 433. The summed E-state index contributed by atoms with van der Waals surface area (Å²) in [5, 5.41) is 6.25. The van der Waals surface area contributed by atoms with Gasteiger partial charge in [-0.15, -0.1) is 0 Å². The summed E-state index contributed by atoms with van der Waals surface area (Å²) in [7, 11) is 0. The molecule has 1 atom stereocenters. The monoisotopic (exact) mass is 292 g/mol. The summed E-state index contributed by atoms with van der Waals surface area (Å²) in [6.45, 7) is 10.6. The fourth-order valence-electron chi connectivity index (χ4n) is 1.90. The number of nitrogens with one attached hydrogen (secondary N) is 2. The Morgan fingerprint density at radius 3 is 2.62 bits per heavy atom.